The summed E-state index contributed by atoms with van der Waals surface area (Å²) in [5.41, 5.74) is -1.13. The maximum absolute atomic E-state index is 13.0. The normalized spacial score (nSPS) is 20.0. The lowest BCUT2D eigenvalue weighted by Gasteiger charge is -2.32. The van der Waals surface area contributed by atoms with Crippen LogP contribution >= 0.6 is 12.6 Å². The Kier molecular flexibility index (Phi) is 5.47. The summed E-state index contributed by atoms with van der Waals surface area (Å²) in [6.07, 6.45) is -2.49. The lowest BCUT2D eigenvalue weighted by atomic mass is 9.78. The first-order valence-corrected chi connectivity index (χ1v) is 8.38. The summed E-state index contributed by atoms with van der Waals surface area (Å²) >= 11 is 4.24. The van der Waals surface area contributed by atoms with E-state index in [1.54, 1.807) is 0 Å². The van der Waals surface area contributed by atoms with Crippen molar-refractivity contribution >= 4 is 32.1 Å². The number of carbonyl (C=O) groups excluding carboxylic acids is 1. The Morgan fingerprint density at radius 1 is 1.16 bits per heavy atom. The number of thiol groups is 1. The second kappa shape index (κ2) is 6.81. The predicted octanol–water partition coefficient (Wildman–Crippen LogP) is 4.46. The van der Waals surface area contributed by atoms with E-state index in [0.717, 1.165) is 18.2 Å². The molecular formula is C17H20BF3O3S. The minimum Gasteiger partial charge on any atom is -0.400 e. The van der Waals surface area contributed by atoms with Gasteiger partial charge >= 0.3 is 13.3 Å². The predicted molar refractivity (Wildman–Crippen MR) is 94.7 cm³/mol. The Balaban J connectivity index is 2.45. The van der Waals surface area contributed by atoms with Crippen LogP contribution < -0.4 is 0 Å². The van der Waals surface area contributed by atoms with Crippen molar-refractivity contribution in [3.63, 3.8) is 0 Å². The molecule has 0 spiro atoms. The van der Waals surface area contributed by atoms with E-state index in [9.17, 15) is 18.0 Å². The van der Waals surface area contributed by atoms with Gasteiger partial charge in [0.2, 0.25) is 0 Å². The molecule has 0 saturated carbocycles. The number of alkyl halides is 3. The van der Waals surface area contributed by atoms with Crippen LogP contribution in [0.2, 0.25) is 0 Å². The second-order valence-electron chi connectivity index (χ2n) is 6.92. The molecule has 0 bridgehead atoms. The molecular weight excluding hydrogens is 352 g/mol. The van der Waals surface area contributed by atoms with Gasteiger partial charge < -0.3 is 9.31 Å². The van der Waals surface area contributed by atoms with E-state index in [4.69, 9.17) is 9.31 Å². The summed E-state index contributed by atoms with van der Waals surface area (Å²) < 4.78 is 50.7. The fourth-order valence-corrected chi connectivity index (χ4v) is 2.61. The van der Waals surface area contributed by atoms with Crippen molar-refractivity contribution in [2.45, 2.75) is 45.1 Å². The van der Waals surface area contributed by atoms with Crippen LogP contribution in [-0.4, -0.2) is 30.4 Å². The van der Waals surface area contributed by atoms with Gasteiger partial charge in [-0.3, -0.25) is 4.79 Å². The minimum absolute atomic E-state index is 0.156. The van der Waals surface area contributed by atoms with E-state index in [0.29, 0.717) is 11.8 Å². The van der Waals surface area contributed by atoms with Gasteiger partial charge in [-0.25, -0.2) is 0 Å². The van der Waals surface area contributed by atoms with Crippen molar-refractivity contribution < 1.29 is 27.3 Å². The molecule has 136 valence electrons. The summed E-state index contributed by atoms with van der Waals surface area (Å²) in [6, 6.07) is 2.98. The number of halogens is 3. The van der Waals surface area contributed by atoms with Gasteiger partial charge in [0.15, 0.2) is 6.29 Å². The Hall–Kier alpha value is -1.25. The average Bonchev–Trinajstić information content (AvgIpc) is 2.71. The van der Waals surface area contributed by atoms with E-state index in [2.05, 4.69) is 12.6 Å². The van der Waals surface area contributed by atoms with E-state index < -0.39 is 30.1 Å². The number of hydrogen-bond acceptors (Lipinski definition) is 4. The molecule has 1 aromatic rings. The maximum Gasteiger partial charge on any atom is 0.491 e. The molecule has 3 nitrogen and oxygen atoms in total. The molecule has 1 aliphatic heterocycles. The van der Waals surface area contributed by atoms with Crippen LogP contribution in [0.15, 0.2) is 23.7 Å². The molecule has 1 aromatic carbocycles. The number of carbonyl (C=O) groups is 1. The van der Waals surface area contributed by atoms with Crippen molar-refractivity contribution in [2.75, 3.05) is 5.75 Å². The number of hydrogen-bond donors (Lipinski definition) is 1. The van der Waals surface area contributed by atoms with Crippen molar-refractivity contribution in [2.24, 2.45) is 0 Å². The minimum atomic E-state index is -4.49. The molecule has 0 atom stereocenters. The molecule has 0 amide bonds. The van der Waals surface area contributed by atoms with Gasteiger partial charge in [-0.05, 0) is 50.9 Å². The zero-order chi connectivity index (χ0) is 19.0. The van der Waals surface area contributed by atoms with Gasteiger partial charge in [0.25, 0.3) is 0 Å². The number of benzene rings is 1. The molecule has 0 N–H and O–H groups in total. The molecule has 8 heteroatoms. The van der Waals surface area contributed by atoms with Crippen LogP contribution in [-0.2, 0) is 15.5 Å². The highest BCUT2D eigenvalue weighted by molar-refractivity contribution is 7.80. The highest BCUT2D eigenvalue weighted by atomic mass is 32.1. The van der Waals surface area contributed by atoms with Crippen LogP contribution in [0.3, 0.4) is 0 Å². The first-order chi connectivity index (χ1) is 11.4. The molecule has 0 unspecified atom stereocenters. The first kappa shape index (κ1) is 20.1. The highest BCUT2D eigenvalue weighted by Crippen LogP contribution is 2.39. The summed E-state index contributed by atoms with van der Waals surface area (Å²) in [6.45, 7) is 7.52. The van der Waals surface area contributed by atoms with E-state index in [1.807, 2.05) is 27.7 Å². The largest absolute Gasteiger partial charge is 0.491 e. The molecule has 25 heavy (non-hydrogen) atoms. The first-order valence-electron chi connectivity index (χ1n) is 7.74. The quantitative estimate of drug-likeness (QED) is 0.482. The molecule has 0 aromatic heterocycles. The van der Waals surface area contributed by atoms with Crippen LogP contribution in [0.4, 0.5) is 13.2 Å². The van der Waals surface area contributed by atoms with E-state index in [-0.39, 0.29) is 16.9 Å². The highest BCUT2D eigenvalue weighted by Gasteiger charge is 2.52. The zero-order valence-corrected chi connectivity index (χ0v) is 15.4. The lowest BCUT2D eigenvalue weighted by Crippen LogP contribution is -2.41. The number of aldehydes is 1. The smallest absolute Gasteiger partial charge is 0.400 e. The van der Waals surface area contributed by atoms with Gasteiger partial charge in [0.05, 0.1) is 16.8 Å². The topological polar surface area (TPSA) is 35.5 Å². The average molecular weight is 372 g/mol. The monoisotopic (exact) mass is 372 g/mol. The van der Waals surface area contributed by atoms with Gasteiger partial charge in [-0.15, -0.1) is 0 Å². The Labute approximate surface area is 151 Å². The lowest BCUT2D eigenvalue weighted by molar-refractivity contribution is -0.137. The summed E-state index contributed by atoms with van der Waals surface area (Å²) in [7, 11) is -0.739. The summed E-state index contributed by atoms with van der Waals surface area (Å²) in [5, 5.41) is 0. The van der Waals surface area contributed by atoms with E-state index in [1.165, 1.54) is 6.08 Å². The van der Waals surface area contributed by atoms with Gasteiger partial charge in [-0.2, -0.15) is 25.8 Å². The molecule has 1 saturated heterocycles. The maximum atomic E-state index is 13.0. The SMILES string of the molecule is CC1(C)OB(C(=Cc2cc(C(F)(F)F)ccc2C=O)CS)OC1(C)C. The molecule has 2 rings (SSSR count). The van der Waals surface area contributed by atoms with Crippen molar-refractivity contribution in [1.29, 1.82) is 0 Å². The van der Waals surface area contributed by atoms with Gasteiger partial charge in [0.1, 0.15) is 0 Å². The fourth-order valence-electron chi connectivity index (χ4n) is 2.37. The Morgan fingerprint density at radius 3 is 2.16 bits per heavy atom. The van der Waals surface area contributed by atoms with Crippen LogP contribution in [0, 0.1) is 0 Å². The van der Waals surface area contributed by atoms with Crippen LogP contribution in [0.5, 0.6) is 0 Å². The second-order valence-corrected chi connectivity index (χ2v) is 7.24. The zero-order valence-electron chi connectivity index (χ0n) is 14.5. The molecule has 1 heterocycles. The third-order valence-electron chi connectivity index (χ3n) is 4.62. The summed E-state index contributed by atoms with van der Waals surface area (Å²) in [4.78, 5) is 11.2. The third kappa shape index (κ3) is 4.12. The fraction of sp³-hybridized carbons (Fsp3) is 0.471. The third-order valence-corrected chi connectivity index (χ3v) is 4.99. The van der Waals surface area contributed by atoms with Crippen LogP contribution in [0.25, 0.3) is 6.08 Å². The van der Waals surface area contributed by atoms with Crippen molar-refractivity contribution in [3.05, 3.63) is 40.4 Å². The molecule has 1 fully saturated rings. The standard InChI is InChI=1S/C17H20BF3O3S/c1-15(2)16(3,4)24-18(23-15)14(10-25)8-12-7-13(17(19,20)21)6-5-11(12)9-22/h5-9,25H,10H2,1-4H3. The number of rotatable bonds is 4. The molecule has 1 aliphatic rings. The summed E-state index contributed by atoms with van der Waals surface area (Å²) in [5.74, 6) is 0.214. The van der Waals surface area contributed by atoms with Crippen molar-refractivity contribution in [3.8, 4) is 0 Å². The Morgan fingerprint density at radius 2 is 1.72 bits per heavy atom. The van der Waals surface area contributed by atoms with Gasteiger partial charge in [-0.1, -0.05) is 12.1 Å². The molecule has 0 aliphatic carbocycles. The van der Waals surface area contributed by atoms with Gasteiger partial charge in [0, 0.05) is 11.3 Å². The molecule has 0 radical (unpaired) electrons. The Bertz CT molecular complexity index is 683. The van der Waals surface area contributed by atoms with Crippen molar-refractivity contribution in [1.82, 2.24) is 0 Å². The van der Waals surface area contributed by atoms with Crippen LogP contribution in [0.1, 0.15) is 49.2 Å². The van der Waals surface area contributed by atoms with E-state index >= 15 is 0 Å².